The zero-order valence-corrected chi connectivity index (χ0v) is 10.0. The second-order valence-electron chi connectivity index (χ2n) is 3.25. The minimum Gasteiger partial charge on any atom is -0.374 e. The lowest BCUT2D eigenvalue weighted by Crippen LogP contribution is -1.96. The molecule has 0 spiro atoms. The molecule has 2 rings (SSSR count). The summed E-state index contributed by atoms with van der Waals surface area (Å²) in [4.78, 5) is 4.29. The van der Waals surface area contributed by atoms with Gasteiger partial charge in [0.25, 0.3) is 0 Å². The van der Waals surface area contributed by atoms with E-state index in [1.807, 2.05) is 0 Å². The number of anilines is 1. The molecule has 5 nitrogen and oxygen atoms in total. The van der Waals surface area contributed by atoms with Gasteiger partial charge in [0.1, 0.15) is 0 Å². The Labute approximate surface area is 97.0 Å². The van der Waals surface area contributed by atoms with Crippen molar-refractivity contribution >= 4 is 26.5 Å². The third-order valence-electron chi connectivity index (χ3n) is 1.98. The number of nitrogen functional groups attached to an aromatic ring is 1. The van der Waals surface area contributed by atoms with Crippen molar-refractivity contribution < 1.29 is 8.42 Å². The molecule has 0 radical (unpaired) electrons. The number of nitrogens with two attached hydrogens (primary N) is 1. The molecule has 7 heteroatoms. The van der Waals surface area contributed by atoms with Crippen LogP contribution in [0.2, 0.25) is 0 Å². The summed E-state index contributed by atoms with van der Waals surface area (Å²) in [5.74, 6) is 0.516. The molecule has 84 valence electrons. The minimum absolute atomic E-state index is 0.277. The van der Waals surface area contributed by atoms with Gasteiger partial charge >= 0.3 is 0 Å². The van der Waals surface area contributed by atoms with E-state index in [0.717, 1.165) is 17.1 Å². The van der Waals surface area contributed by atoms with Gasteiger partial charge in [0.15, 0.2) is 20.8 Å². The van der Waals surface area contributed by atoms with Crippen LogP contribution in [-0.4, -0.2) is 24.0 Å². The first kappa shape index (κ1) is 11.0. The predicted molar refractivity (Wildman–Crippen MR) is 62.9 cm³/mol. The molecule has 0 unspecified atom stereocenters. The standard InChI is InChI=1S/C9H9N3O2S2/c1-16(13,14)7-4-2-6(3-5-7)8-11-9(10)15-12-8/h2-5H,1H3,(H2,10,11,12). The first-order chi connectivity index (χ1) is 7.47. The summed E-state index contributed by atoms with van der Waals surface area (Å²) in [6.45, 7) is 0. The first-order valence-corrected chi connectivity index (χ1v) is 7.03. The quantitative estimate of drug-likeness (QED) is 0.871. The van der Waals surface area contributed by atoms with E-state index in [1.165, 1.54) is 18.4 Å². The topological polar surface area (TPSA) is 85.9 Å². The van der Waals surface area contributed by atoms with Crippen LogP contribution in [0.15, 0.2) is 29.2 Å². The third kappa shape index (κ3) is 2.20. The number of hydrogen-bond acceptors (Lipinski definition) is 6. The van der Waals surface area contributed by atoms with E-state index in [-0.39, 0.29) is 4.90 Å². The Morgan fingerprint density at radius 1 is 1.25 bits per heavy atom. The van der Waals surface area contributed by atoms with E-state index in [9.17, 15) is 8.42 Å². The Balaban J connectivity index is 2.40. The number of hydrogen-bond donors (Lipinski definition) is 1. The fourth-order valence-corrected chi connectivity index (χ4v) is 2.29. The Morgan fingerprint density at radius 2 is 1.88 bits per heavy atom. The van der Waals surface area contributed by atoms with Gasteiger partial charge in [-0.2, -0.15) is 9.36 Å². The van der Waals surface area contributed by atoms with Crippen LogP contribution in [0, 0.1) is 0 Å². The molecule has 1 heterocycles. The summed E-state index contributed by atoms with van der Waals surface area (Å²) in [6.07, 6.45) is 1.17. The van der Waals surface area contributed by atoms with Crippen LogP contribution >= 0.6 is 11.5 Å². The molecule has 0 fully saturated rings. The van der Waals surface area contributed by atoms with E-state index in [1.54, 1.807) is 12.1 Å². The molecule has 0 atom stereocenters. The van der Waals surface area contributed by atoms with Gasteiger partial charge in [-0.1, -0.05) is 0 Å². The van der Waals surface area contributed by atoms with Crippen LogP contribution < -0.4 is 5.73 Å². The van der Waals surface area contributed by atoms with Crippen LogP contribution in [0.25, 0.3) is 11.4 Å². The minimum atomic E-state index is -3.16. The number of nitrogens with zero attached hydrogens (tertiary/aromatic N) is 2. The predicted octanol–water partition coefficient (Wildman–Crippen LogP) is 1.19. The summed E-state index contributed by atoms with van der Waals surface area (Å²) in [5.41, 5.74) is 6.21. The van der Waals surface area contributed by atoms with Gasteiger partial charge in [-0.25, -0.2) is 8.42 Å². The maximum atomic E-state index is 11.2. The lowest BCUT2D eigenvalue weighted by Gasteiger charge is -1.99. The van der Waals surface area contributed by atoms with Crippen molar-refractivity contribution in [2.24, 2.45) is 0 Å². The van der Waals surface area contributed by atoms with E-state index >= 15 is 0 Å². The second-order valence-corrected chi connectivity index (χ2v) is 6.05. The van der Waals surface area contributed by atoms with Gasteiger partial charge < -0.3 is 5.73 Å². The zero-order valence-electron chi connectivity index (χ0n) is 8.41. The normalized spacial score (nSPS) is 11.6. The molecule has 16 heavy (non-hydrogen) atoms. The summed E-state index contributed by atoms with van der Waals surface area (Å²) >= 11 is 1.11. The molecule has 1 aromatic heterocycles. The number of sulfone groups is 1. The molecular formula is C9H9N3O2S2. The van der Waals surface area contributed by atoms with Crippen molar-refractivity contribution in [1.29, 1.82) is 0 Å². The summed E-state index contributed by atoms with van der Waals surface area (Å²) < 4.78 is 26.5. The molecule has 0 aliphatic rings. The highest BCUT2D eigenvalue weighted by Crippen LogP contribution is 2.20. The summed E-state index contributed by atoms with van der Waals surface area (Å²) in [5, 5.41) is 0.391. The summed E-state index contributed by atoms with van der Waals surface area (Å²) in [7, 11) is -3.16. The molecular weight excluding hydrogens is 246 g/mol. The van der Waals surface area contributed by atoms with Crippen molar-refractivity contribution in [3.63, 3.8) is 0 Å². The Hall–Kier alpha value is -1.47. The highest BCUT2D eigenvalue weighted by molar-refractivity contribution is 7.90. The van der Waals surface area contributed by atoms with Gasteiger partial charge in [-0.3, -0.25) is 0 Å². The third-order valence-corrected chi connectivity index (χ3v) is 3.65. The van der Waals surface area contributed by atoms with Crippen molar-refractivity contribution in [1.82, 2.24) is 9.36 Å². The summed E-state index contributed by atoms with van der Waals surface area (Å²) in [6, 6.07) is 6.39. The van der Waals surface area contributed by atoms with Gasteiger partial charge in [0.05, 0.1) is 4.90 Å². The number of aromatic nitrogens is 2. The van der Waals surface area contributed by atoms with E-state index < -0.39 is 9.84 Å². The maximum absolute atomic E-state index is 11.2. The fraction of sp³-hybridized carbons (Fsp3) is 0.111. The van der Waals surface area contributed by atoms with Crippen molar-refractivity contribution in [2.75, 3.05) is 12.0 Å². The van der Waals surface area contributed by atoms with E-state index in [0.29, 0.717) is 11.0 Å². The van der Waals surface area contributed by atoms with E-state index in [4.69, 9.17) is 5.73 Å². The highest BCUT2D eigenvalue weighted by Gasteiger charge is 2.08. The lowest BCUT2D eigenvalue weighted by atomic mass is 10.2. The fourth-order valence-electron chi connectivity index (χ4n) is 1.20. The van der Waals surface area contributed by atoms with Crippen LogP contribution in [0.3, 0.4) is 0 Å². The van der Waals surface area contributed by atoms with E-state index in [2.05, 4.69) is 9.36 Å². The molecule has 2 aromatic rings. The largest absolute Gasteiger partial charge is 0.374 e. The zero-order chi connectivity index (χ0) is 11.8. The molecule has 0 saturated heterocycles. The van der Waals surface area contributed by atoms with Crippen molar-refractivity contribution in [3.05, 3.63) is 24.3 Å². The molecule has 0 amide bonds. The maximum Gasteiger partial charge on any atom is 0.200 e. The van der Waals surface area contributed by atoms with Gasteiger partial charge in [-0.05, 0) is 24.3 Å². The van der Waals surface area contributed by atoms with Crippen LogP contribution in [0.1, 0.15) is 0 Å². The second kappa shape index (κ2) is 3.84. The van der Waals surface area contributed by atoms with Crippen LogP contribution in [0.4, 0.5) is 5.13 Å². The average Bonchev–Trinajstić information content (AvgIpc) is 2.64. The first-order valence-electron chi connectivity index (χ1n) is 4.36. The van der Waals surface area contributed by atoms with Crippen LogP contribution in [-0.2, 0) is 9.84 Å². The smallest absolute Gasteiger partial charge is 0.200 e. The molecule has 1 aromatic carbocycles. The molecule has 0 saturated carbocycles. The lowest BCUT2D eigenvalue weighted by molar-refractivity contribution is 0.602. The van der Waals surface area contributed by atoms with Crippen molar-refractivity contribution in [2.45, 2.75) is 4.90 Å². The molecule has 0 aliphatic heterocycles. The van der Waals surface area contributed by atoms with Crippen molar-refractivity contribution in [3.8, 4) is 11.4 Å². The van der Waals surface area contributed by atoms with Crippen LogP contribution in [0.5, 0.6) is 0 Å². The van der Waals surface area contributed by atoms with Gasteiger partial charge in [0, 0.05) is 23.4 Å². The van der Waals surface area contributed by atoms with Gasteiger partial charge in [-0.15, -0.1) is 0 Å². The molecule has 0 bridgehead atoms. The Morgan fingerprint density at radius 3 is 2.31 bits per heavy atom. The highest BCUT2D eigenvalue weighted by atomic mass is 32.2. The Kier molecular flexibility index (Phi) is 2.64. The average molecular weight is 255 g/mol. The monoisotopic (exact) mass is 255 g/mol. The molecule has 2 N–H and O–H groups in total. The Bertz CT molecular complexity index is 602. The van der Waals surface area contributed by atoms with Gasteiger partial charge in [0.2, 0.25) is 0 Å². The SMILES string of the molecule is CS(=O)(=O)c1ccc(-c2nsc(N)n2)cc1. The number of benzene rings is 1. The molecule has 0 aliphatic carbocycles. The number of rotatable bonds is 2.